The average molecular weight is 707 g/mol. The Bertz CT molecular complexity index is 1750. The Morgan fingerprint density at radius 2 is 0.885 bits per heavy atom. The van der Waals surface area contributed by atoms with Crippen molar-refractivity contribution in [3.8, 4) is 11.5 Å². The second kappa shape index (κ2) is 16.6. The van der Waals surface area contributed by atoms with Gasteiger partial charge in [0.25, 0.3) is 0 Å². The van der Waals surface area contributed by atoms with Gasteiger partial charge in [-0.1, -0.05) is 86.0 Å². The summed E-state index contributed by atoms with van der Waals surface area (Å²) < 4.78 is 33.6. The molecule has 0 aromatic heterocycles. The monoisotopic (exact) mass is 706 g/mol. The molecule has 0 fully saturated rings. The molecule has 0 atom stereocenters. The highest BCUT2D eigenvalue weighted by Crippen LogP contribution is 2.56. The van der Waals surface area contributed by atoms with Crippen molar-refractivity contribution in [2.45, 2.75) is 11.2 Å². The van der Waals surface area contributed by atoms with Gasteiger partial charge in [0.05, 0.1) is 13.1 Å². The van der Waals surface area contributed by atoms with Crippen LogP contribution in [0.15, 0.2) is 122 Å². The van der Waals surface area contributed by atoms with E-state index in [1.54, 1.807) is 38.5 Å². The molecule has 0 saturated heterocycles. The van der Waals surface area contributed by atoms with E-state index in [2.05, 4.69) is 23.8 Å². The number of methoxy groups -OCH3 is 2. The molecule has 0 bridgehead atoms. The molecular formula is C40H38N2O10. The minimum absolute atomic E-state index is 0.0237. The highest BCUT2D eigenvalue weighted by Gasteiger charge is 2.53. The van der Waals surface area contributed by atoms with Crippen LogP contribution in [0.3, 0.4) is 0 Å². The van der Waals surface area contributed by atoms with Crippen LogP contribution in [0.2, 0.25) is 0 Å². The maximum Gasteiger partial charge on any atom is 0.412 e. The summed E-state index contributed by atoms with van der Waals surface area (Å²) in [5, 5.41) is 5.07. The summed E-state index contributed by atoms with van der Waals surface area (Å²) in [5.41, 5.74) is 2.69. The van der Waals surface area contributed by atoms with E-state index in [1.165, 1.54) is 0 Å². The fourth-order valence-electron chi connectivity index (χ4n) is 6.31. The fraction of sp³-hybridized carbons (Fsp3) is 0.200. The van der Waals surface area contributed by atoms with Crippen LogP contribution in [-0.4, -0.2) is 64.6 Å². The third kappa shape index (κ3) is 7.43. The van der Waals surface area contributed by atoms with Crippen molar-refractivity contribution in [2.24, 2.45) is 0 Å². The van der Waals surface area contributed by atoms with Crippen molar-refractivity contribution in [2.75, 3.05) is 40.5 Å². The van der Waals surface area contributed by atoms with Crippen molar-refractivity contribution in [3.63, 3.8) is 0 Å². The molecule has 2 amide bonds. The minimum atomic E-state index is -1.09. The zero-order valence-electron chi connectivity index (χ0n) is 28.7. The lowest BCUT2D eigenvalue weighted by atomic mass is 9.63. The number of rotatable bonds is 14. The van der Waals surface area contributed by atoms with Crippen LogP contribution in [0, 0.1) is 0 Å². The van der Waals surface area contributed by atoms with Gasteiger partial charge in [0.2, 0.25) is 0 Å². The zero-order chi connectivity index (χ0) is 37.1. The molecule has 0 saturated carbocycles. The van der Waals surface area contributed by atoms with Gasteiger partial charge in [0.1, 0.15) is 35.9 Å². The number of amides is 2. The number of esters is 2. The first-order valence-corrected chi connectivity index (χ1v) is 16.2. The van der Waals surface area contributed by atoms with Crippen LogP contribution in [-0.2, 0) is 39.7 Å². The topological polar surface area (TPSA) is 148 Å². The van der Waals surface area contributed by atoms with E-state index < -0.39 is 35.3 Å². The van der Waals surface area contributed by atoms with E-state index in [9.17, 15) is 19.2 Å². The lowest BCUT2D eigenvalue weighted by Gasteiger charge is -2.48. The molecule has 2 N–H and O–H groups in total. The van der Waals surface area contributed by atoms with Crippen molar-refractivity contribution in [1.29, 1.82) is 0 Å². The van der Waals surface area contributed by atoms with Crippen LogP contribution >= 0.6 is 0 Å². The van der Waals surface area contributed by atoms with E-state index in [0.717, 1.165) is 45.5 Å². The van der Waals surface area contributed by atoms with Crippen molar-refractivity contribution in [3.05, 3.63) is 156 Å². The largest absolute Gasteiger partial charge is 0.461 e. The molecule has 0 heterocycles. The molecule has 0 spiro atoms. The predicted octanol–water partition coefficient (Wildman–Crippen LogP) is 5.51. The van der Waals surface area contributed by atoms with Crippen LogP contribution in [0.25, 0.3) is 0 Å². The Morgan fingerprint density at radius 1 is 0.558 bits per heavy atom. The van der Waals surface area contributed by atoms with E-state index in [4.69, 9.17) is 28.4 Å². The molecule has 12 heteroatoms. The molecule has 1 aliphatic carbocycles. The van der Waals surface area contributed by atoms with Crippen molar-refractivity contribution in [1.82, 2.24) is 10.6 Å². The van der Waals surface area contributed by atoms with Gasteiger partial charge in [0, 0.05) is 26.4 Å². The maximum absolute atomic E-state index is 12.4. The molecule has 268 valence electrons. The number of nitrogens with one attached hydrogen (secondary N) is 2. The molecule has 4 aromatic rings. The number of hydrogen-bond acceptors (Lipinski definition) is 10. The van der Waals surface area contributed by atoms with E-state index >= 15 is 0 Å². The van der Waals surface area contributed by atoms with Gasteiger partial charge >= 0.3 is 24.1 Å². The Balaban J connectivity index is 1.43. The highest BCUT2D eigenvalue weighted by molar-refractivity contribution is 5.81. The van der Waals surface area contributed by atoms with Crippen molar-refractivity contribution >= 4 is 24.1 Å². The molecule has 0 radical (unpaired) electrons. The number of ether oxygens (including phenoxy) is 6. The van der Waals surface area contributed by atoms with Gasteiger partial charge in [-0.15, -0.1) is 0 Å². The van der Waals surface area contributed by atoms with Crippen LogP contribution < -0.4 is 20.1 Å². The van der Waals surface area contributed by atoms with Crippen LogP contribution in [0.1, 0.15) is 33.4 Å². The van der Waals surface area contributed by atoms with E-state index in [-0.39, 0.29) is 26.3 Å². The van der Waals surface area contributed by atoms with Gasteiger partial charge in [-0.25, -0.2) is 19.2 Å². The summed E-state index contributed by atoms with van der Waals surface area (Å²) in [6, 6.07) is 29.8. The first-order valence-electron chi connectivity index (χ1n) is 16.2. The molecule has 0 aliphatic heterocycles. The molecule has 4 aromatic carbocycles. The van der Waals surface area contributed by atoms with Gasteiger partial charge < -0.3 is 39.1 Å². The summed E-state index contributed by atoms with van der Waals surface area (Å²) >= 11 is 0. The third-order valence-corrected chi connectivity index (χ3v) is 8.49. The van der Waals surface area contributed by atoms with Crippen molar-refractivity contribution < 1.29 is 47.6 Å². The summed E-state index contributed by atoms with van der Waals surface area (Å²) in [5.74, 6) is -0.572. The molecular weight excluding hydrogens is 668 g/mol. The summed E-state index contributed by atoms with van der Waals surface area (Å²) in [4.78, 5) is 47.2. The van der Waals surface area contributed by atoms with E-state index in [1.807, 2.05) is 72.8 Å². The normalized spacial score (nSPS) is 17.0. The second-order valence-corrected chi connectivity index (χ2v) is 11.3. The second-order valence-electron chi connectivity index (χ2n) is 11.3. The average Bonchev–Trinajstić information content (AvgIpc) is 3.18. The minimum Gasteiger partial charge on any atom is -0.461 e. The molecule has 1 aliphatic rings. The first kappa shape index (κ1) is 37.0. The third-order valence-electron chi connectivity index (χ3n) is 8.49. The molecule has 0 unspecified atom stereocenters. The van der Waals surface area contributed by atoms with Gasteiger partial charge in [-0.2, -0.15) is 0 Å². The SMILES string of the molecule is C=CC(=O)OCCNC(=O)Oc1ccc(C2(OC)c3ccccc3C(OC)(c3ccc(OC(=O)NCCOC(=O)C=C)cc3)c3ccccc32)cc1. The number of benzene rings is 4. The Hall–Kier alpha value is -6.24. The first-order chi connectivity index (χ1) is 25.2. The van der Waals surface area contributed by atoms with Gasteiger partial charge in [0.15, 0.2) is 0 Å². The lowest BCUT2D eigenvalue weighted by molar-refractivity contribution is -0.138. The maximum atomic E-state index is 12.4. The Kier molecular flexibility index (Phi) is 11.9. The van der Waals surface area contributed by atoms with Gasteiger partial charge in [-0.05, 0) is 57.6 Å². The Labute approximate surface area is 300 Å². The standard InChI is InChI=1S/C40H38N2O10/c1-5-35(43)49-25-23-41-37(45)51-29-19-15-27(16-20-29)39(47-3)31-11-7-9-13-33(31)40(48-4,34-14-10-8-12-32(34)39)28-17-21-30(22-18-28)52-38(46)42-24-26-50-36(44)6-2/h5-22H,1-2,23-26H2,3-4H3,(H,41,45)(H,42,46). The smallest absolute Gasteiger partial charge is 0.412 e. The van der Waals surface area contributed by atoms with Gasteiger partial charge in [-0.3, -0.25) is 0 Å². The number of hydrogen-bond donors (Lipinski definition) is 2. The van der Waals surface area contributed by atoms with Crippen LogP contribution in [0.5, 0.6) is 11.5 Å². The lowest BCUT2D eigenvalue weighted by Crippen LogP contribution is -2.46. The predicted molar refractivity (Wildman–Crippen MR) is 190 cm³/mol. The highest BCUT2D eigenvalue weighted by atomic mass is 16.6. The summed E-state index contributed by atoms with van der Waals surface area (Å²) in [7, 11) is 3.29. The molecule has 5 rings (SSSR count). The quantitative estimate of drug-likeness (QED) is 0.0977. The number of carbonyl (C=O) groups excluding carboxylic acids is 4. The number of carbonyl (C=O) groups is 4. The summed E-state index contributed by atoms with van der Waals surface area (Å²) in [6.45, 7) is 6.75. The molecule has 52 heavy (non-hydrogen) atoms. The van der Waals surface area contributed by atoms with E-state index in [0.29, 0.717) is 11.5 Å². The summed E-state index contributed by atoms with van der Waals surface area (Å²) in [6.07, 6.45) is 0.678. The van der Waals surface area contributed by atoms with Crippen LogP contribution in [0.4, 0.5) is 9.59 Å². The molecule has 12 nitrogen and oxygen atoms in total. The zero-order valence-corrected chi connectivity index (χ0v) is 28.7. The Morgan fingerprint density at radius 3 is 1.17 bits per heavy atom. The number of fused-ring (bicyclic) bond motifs is 2. The fourth-order valence-corrected chi connectivity index (χ4v) is 6.31.